The summed E-state index contributed by atoms with van der Waals surface area (Å²) in [6, 6.07) is 15.1. The zero-order valence-corrected chi connectivity index (χ0v) is 15.3. The zero-order valence-electron chi connectivity index (χ0n) is 15.3. The molecule has 2 N–H and O–H groups in total. The Balaban J connectivity index is 1.49. The fourth-order valence-electron chi connectivity index (χ4n) is 3.88. The number of hydrogen-bond acceptors (Lipinski definition) is 4. The van der Waals surface area contributed by atoms with Crippen LogP contribution in [0.3, 0.4) is 0 Å². The van der Waals surface area contributed by atoms with Crippen LogP contribution in [-0.4, -0.2) is 16.6 Å². The van der Waals surface area contributed by atoms with Gasteiger partial charge in [0.05, 0.1) is 12.1 Å². The van der Waals surface area contributed by atoms with Gasteiger partial charge in [0.15, 0.2) is 5.82 Å². The van der Waals surface area contributed by atoms with Crippen LogP contribution in [0.4, 0.5) is 5.82 Å². The van der Waals surface area contributed by atoms with Crippen molar-refractivity contribution in [3.05, 3.63) is 70.9 Å². The smallest absolute Gasteiger partial charge is 0.150 e. The molecule has 0 radical (unpaired) electrons. The van der Waals surface area contributed by atoms with Gasteiger partial charge in [-0.25, -0.2) is 4.98 Å². The van der Waals surface area contributed by atoms with Gasteiger partial charge < -0.3 is 10.5 Å². The largest absolute Gasteiger partial charge is 0.493 e. The third-order valence-corrected chi connectivity index (χ3v) is 5.33. The number of ether oxygens (including phenoxy) is 1. The van der Waals surface area contributed by atoms with Gasteiger partial charge in [-0.05, 0) is 60.2 Å². The predicted octanol–water partition coefficient (Wildman–Crippen LogP) is 4.39. The highest BCUT2D eigenvalue weighted by Gasteiger charge is 2.12. The number of nitrogens with zero attached hydrogens (tertiary/aromatic N) is 2. The molecule has 1 aliphatic rings. The van der Waals surface area contributed by atoms with Crippen LogP contribution in [0.2, 0.25) is 0 Å². The molecule has 134 valence electrons. The fourth-order valence-corrected chi connectivity index (χ4v) is 3.88. The number of nitrogens with two attached hydrogens (primary N) is 1. The summed E-state index contributed by atoms with van der Waals surface area (Å²) in [5, 5.41) is 2.19. The van der Waals surface area contributed by atoms with Gasteiger partial charge in [-0.3, -0.25) is 4.98 Å². The maximum absolute atomic E-state index is 6.15. The van der Waals surface area contributed by atoms with E-state index < -0.39 is 0 Å². The van der Waals surface area contributed by atoms with Crippen LogP contribution < -0.4 is 10.5 Å². The molecule has 0 atom stereocenters. The van der Waals surface area contributed by atoms with E-state index in [1.54, 1.807) is 0 Å². The molecule has 2 aromatic heterocycles. The number of aromatic nitrogens is 2. The molecule has 2 aromatic carbocycles. The standard InChI is InChI=1S/C23H21N3O/c1-14-2-6-18-19-12-16(13-25-22(19)23(24)26-20(18)10-14)4-3-15-5-7-21-17(11-15)8-9-27-21/h2,5-7,10-13H,3-4,8-9H2,1H3,(H2,24,26). The molecule has 0 aliphatic carbocycles. The van der Waals surface area contributed by atoms with Gasteiger partial charge in [-0.2, -0.15) is 0 Å². The molecule has 0 fully saturated rings. The monoisotopic (exact) mass is 355 g/mol. The average molecular weight is 355 g/mol. The first-order valence-electron chi connectivity index (χ1n) is 9.36. The Bertz CT molecular complexity index is 1180. The van der Waals surface area contributed by atoms with Crippen LogP contribution in [0.15, 0.2) is 48.7 Å². The second-order valence-corrected chi connectivity index (χ2v) is 7.30. The van der Waals surface area contributed by atoms with Gasteiger partial charge in [-0.1, -0.05) is 24.3 Å². The maximum Gasteiger partial charge on any atom is 0.150 e. The number of fused-ring (bicyclic) bond motifs is 4. The van der Waals surface area contributed by atoms with E-state index in [0.717, 1.165) is 53.4 Å². The van der Waals surface area contributed by atoms with Crippen molar-refractivity contribution in [2.24, 2.45) is 0 Å². The van der Waals surface area contributed by atoms with Crippen molar-refractivity contribution in [3.8, 4) is 5.75 Å². The molecule has 0 saturated carbocycles. The first-order valence-corrected chi connectivity index (χ1v) is 9.36. The summed E-state index contributed by atoms with van der Waals surface area (Å²) in [5.74, 6) is 1.53. The van der Waals surface area contributed by atoms with Crippen molar-refractivity contribution < 1.29 is 4.74 Å². The minimum Gasteiger partial charge on any atom is -0.493 e. The highest BCUT2D eigenvalue weighted by molar-refractivity contribution is 6.08. The molecular weight excluding hydrogens is 334 g/mol. The quantitative estimate of drug-likeness (QED) is 0.554. The molecule has 27 heavy (non-hydrogen) atoms. The summed E-state index contributed by atoms with van der Waals surface area (Å²) in [4.78, 5) is 9.14. The Kier molecular flexibility index (Phi) is 3.71. The molecule has 0 spiro atoms. The van der Waals surface area contributed by atoms with Crippen LogP contribution in [-0.2, 0) is 19.3 Å². The molecular formula is C23H21N3O. The lowest BCUT2D eigenvalue weighted by Crippen LogP contribution is -1.98. The van der Waals surface area contributed by atoms with E-state index in [0.29, 0.717) is 5.82 Å². The zero-order chi connectivity index (χ0) is 18.4. The highest BCUT2D eigenvalue weighted by atomic mass is 16.5. The van der Waals surface area contributed by atoms with E-state index in [9.17, 15) is 0 Å². The average Bonchev–Trinajstić information content (AvgIpc) is 3.14. The van der Waals surface area contributed by atoms with Gasteiger partial charge in [0.1, 0.15) is 11.3 Å². The number of rotatable bonds is 3. The van der Waals surface area contributed by atoms with Crippen molar-refractivity contribution >= 4 is 27.6 Å². The summed E-state index contributed by atoms with van der Waals surface area (Å²) in [6.45, 7) is 2.87. The lowest BCUT2D eigenvalue weighted by atomic mass is 10.0. The van der Waals surface area contributed by atoms with Crippen LogP contribution in [0.25, 0.3) is 21.8 Å². The number of pyridine rings is 2. The fraction of sp³-hybridized carbons (Fsp3) is 0.217. The Morgan fingerprint density at radius 2 is 1.89 bits per heavy atom. The number of nitrogen functional groups attached to an aromatic ring is 1. The maximum atomic E-state index is 6.15. The Hall–Kier alpha value is -3.14. The third-order valence-electron chi connectivity index (χ3n) is 5.33. The Morgan fingerprint density at radius 1 is 1.00 bits per heavy atom. The lowest BCUT2D eigenvalue weighted by molar-refractivity contribution is 0.357. The summed E-state index contributed by atoms with van der Waals surface area (Å²) in [5.41, 5.74) is 12.9. The van der Waals surface area contributed by atoms with Crippen LogP contribution in [0, 0.1) is 6.92 Å². The van der Waals surface area contributed by atoms with Gasteiger partial charge >= 0.3 is 0 Å². The normalized spacial score (nSPS) is 13.1. The van der Waals surface area contributed by atoms with E-state index in [4.69, 9.17) is 10.5 Å². The molecule has 0 amide bonds. The number of benzene rings is 2. The number of anilines is 1. The molecule has 5 rings (SSSR count). The molecule has 3 heterocycles. The summed E-state index contributed by atoms with van der Waals surface area (Å²) in [6.07, 6.45) is 4.87. The van der Waals surface area contributed by atoms with Gasteiger partial charge in [-0.15, -0.1) is 0 Å². The number of hydrogen-bond donors (Lipinski definition) is 1. The molecule has 4 nitrogen and oxygen atoms in total. The minimum absolute atomic E-state index is 0.494. The lowest BCUT2D eigenvalue weighted by Gasteiger charge is -2.09. The van der Waals surface area contributed by atoms with Crippen molar-refractivity contribution in [2.75, 3.05) is 12.3 Å². The summed E-state index contributed by atoms with van der Waals surface area (Å²) in [7, 11) is 0. The van der Waals surface area contributed by atoms with Gasteiger partial charge in [0.2, 0.25) is 0 Å². The van der Waals surface area contributed by atoms with Gasteiger partial charge in [0.25, 0.3) is 0 Å². The second-order valence-electron chi connectivity index (χ2n) is 7.30. The van der Waals surface area contributed by atoms with Gasteiger partial charge in [0, 0.05) is 23.4 Å². The molecule has 0 unspecified atom stereocenters. The first kappa shape index (κ1) is 16.1. The van der Waals surface area contributed by atoms with E-state index in [1.165, 1.54) is 22.3 Å². The van der Waals surface area contributed by atoms with E-state index >= 15 is 0 Å². The molecule has 1 aliphatic heterocycles. The third kappa shape index (κ3) is 2.87. The second kappa shape index (κ2) is 6.23. The van der Waals surface area contributed by atoms with Crippen LogP contribution in [0.5, 0.6) is 5.75 Å². The first-order chi connectivity index (χ1) is 13.2. The van der Waals surface area contributed by atoms with Crippen molar-refractivity contribution in [3.63, 3.8) is 0 Å². The predicted molar refractivity (Wildman–Crippen MR) is 109 cm³/mol. The van der Waals surface area contributed by atoms with Crippen molar-refractivity contribution in [1.29, 1.82) is 0 Å². The number of aryl methyl sites for hydroxylation is 3. The Labute approximate surface area is 158 Å². The van der Waals surface area contributed by atoms with E-state index in [-0.39, 0.29) is 0 Å². The molecule has 4 aromatic rings. The SMILES string of the molecule is Cc1ccc2c(c1)nc(N)c1ncc(CCc3ccc4c(c3)CCO4)cc12. The Morgan fingerprint density at radius 3 is 2.81 bits per heavy atom. The van der Waals surface area contributed by atoms with E-state index in [1.807, 2.05) is 6.20 Å². The highest BCUT2D eigenvalue weighted by Crippen LogP contribution is 2.29. The topological polar surface area (TPSA) is 61.0 Å². The van der Waals surface area contributed by atoms with Crippen LogP contribution >= 0.6 is 0 Å². The summed E-state index contributed by atoms with van der Waals surface area (Å²) >= 11 is 0. The van der Waals surface area contributed by atoms with Crippen molar-refractivity contribution in [2.45, 2.75) is 26.2 Å². The molecule has 0 bridgehead atoms. The molecule has 4 heteroatoms. The summed E-state index contributed by atoms with van der Waals surface area (Å²) < 4.78 is 5.60. The minimum atomic E-state index is 0.494. The van der Waals surface area contributed by atoms with Crippen molar-refractivity contribution in [1.82, 2.24) is 9.97 Å². The van der Waals surface area contributed by atoms with Crippen LogP contribution in [0.1, 0.15) is 22.3 Å². The molecule has 0 saturated heterocycles. The van der Waals surface area contributed by atoms with E-state index in [2.05, 4.69) is 59.4 Å².